The zero-order valence-corrected chi connectivity index (χ0v) is 15.3. The van der Waals surface area contributed by atoms with Crippen molar-refractivity contribution in [1.29, 1.82) is 0 Å². The van der Waals surface area contributed by atoms with E-state index in [0.717, 1.165) is 30.8 Å². The number of pyridine rings is 1. The smallest absolute Gasteiger partial charge is 0.253 e. The molecule has 3 rings (SSSR count). The van der Waals surface area contributed by atoms with E-state index in [9.17, 15) is 4.79 Å². The molecule has 1 aliphatic heterocycles. The van der Waals surface area contributed by atoms with Crippen LogP contribution >= 0.6 is 11.8 Å². The van der Waals surface area contributed by atoms with Gasteiger partial charge in [-0.1, -0.05) is 30.3 Å². The minimum Gasteiger partial charge on any atom is -0.473 e. The monoisotopic (exact) mass is 356 g/mol. The van der Waals surface area contributed by atoms with Crippen molar-refractivity contribution in [2.75, 3.05) is 11.5 Å². The molecule has 1 aromatic heterocycles. The lowest BCUT2D eigenvalue weighted by Gasteiger charge is -2.14. The second kappa shape index (κ2) is 8.90. The topological polar surface area (TPSA) is 51.2 Å². The highest BCUT2D eigenvalue weighted by atomic mass is 32.2. The number of benzene rings is 1. The van der Waals surface area contributed by atoms with Crippen LogP contribution in [-0.2, 0) is 6.42 Å². The van der Waals surface area contributed by atoms with Crippen LogP contribution in [0.25, 0.3) is 0 Å². The van der Waals surface area contributed by atoms with E-state index in [0.29, 0.717) is 11.4 Å². The van der Waals surface area contributed by atoms with Gasteiger partial charge in [0.1, 0.15) is 6.10 Å². The second-order valence-electron chi connectivity index (χ2n) is 6.39. The summed E-state index contributed by atoms with van der Waals surface area (Å²) in [5.41, 5.74) is 1.86. The van der Waals surface area contributed by atoms with Crippen LogP contribution in [0, 0.1) is 0 Å². The lowest BCUT2D eigenvalue weighted by Crippen LogP contribution is -2.33. The van der Waals surface area contributed by atoms with Gasteiger partial charge in [-0.25, -0.2) is 4.98 Å². The largest absolute Gasteiger partial charge is 0.473 e. The first-order valence-corrected chi connectivity index (χ1v) is 9.91. The van der Waals surface area contributed by atoms with E-state index >= 15 is 0 Å². The first-order chi connectivity index (χ1) is 12.2. The first kappa shape index (κ1) is 17.8. The average molecular weight is 356 g/mol. The Morgan fingerprint density at radius 1 is 1.32 bits per heavy atom. The Morgan fingerprint density at radius 3 is 2.84 bits per heavy atom. The third-order valence-electron chi connectivity index (χ3n) is 4.26. The number of carbonyl (C=O) groups is 1. The fourth-order valence-corrected chi connectivity index (χ4v) is 3.86. The van der Waals surface area contributed by atoms with Gasteiger partial charge in [0.25, 0.3) is 5.91 Å². The molecule has 0 spiro atoms. The Labute approximate surface area is 153 Å². The van der Waals surface area contributed by atoms with Gasteiger partial charge >= 0.3 is 0 Å². The summed E-state index contributed by atoms with van der Waals surface area (Å²) in [5.74, 6) is 2.67. The molecule has 0 aliphatic carbocycles. The van der Waals surface area contributed by atoms with Crippen molar-refractivity contribution in [3.8, 4) is 5.88 Å². The summed E-state index contributed by atoms with van der Waals surface area (Å²) in [6.07, 6.45) is 4.76. The van der Waals surface area contributed by atoms with Crippen molar-refractivity contribution in [2.24, 2.45) is 0 Å². The average Bonchev–Trinajstić information content (AvgIpc) is 3.14. The number of hydrogen-bond donors (Lipinski definition) is 1. The molecule has 2 atom stereocenters. The van der Waals surface area contributed by atoms with Crippen molar-refractivity contribution >= 4 is 17.7 Å². The first-order valence-electron chi connectivity index (χ1n) is 8.76. The summed E-state index contributed by atoms with van der Waals surface area (Å²) in [4.78, 5) is 16.6. The molecular weight excluding hydrogens is 332 g/mol. The van der Waals surface area contributed by atoms with Gasteiger partial charge in [0, 0.05) is 24.1 Å². The Kier molecular flexibility index (Phi) is 6.34. The van der Waals surface area contributed by atoms with Gasteiger partial charge in [-0.05, 0) is 43.6 Å². The van der Waals surface area contributed by atoms with Crippen LogP contribution in [0.2, 0.25) is 0 Å². The van der Waals surface area contributed by atoms with Crippen LogP contribution in [0.5, 0.6) is 5.88 Å². The van der Waals surface area contributed by atoms with E-state index in [1.165, 1.54) is 5.56 Å². The Balaban J connectivity index is 1.46. The molecule has 2 unspecified atom stereocenters. The fourth-order valence-electron chi connectivity index (χ4n) is 2.77. The summed E-state index contributed by atoms with van der Waals surface area (Å²) >= 11 is 1.90. The van der Waals surface area contributed by atoms with Gasteiger partial charge in [0.15, 0.2) is 0 Å². The predicted molar refractivity (Wildman–Crippen MR) is 102 cm³/mol. The molecule has 0 bridgehead atoms. The van der Waals surface area contributed by atoms with Gasteiger partial charge in [-0.3, -0.25) is 4.79 Å². The maximum absolute atomic E-state index is 12.3. The highest BCUT2D eigenvalue weighted by Gasteiger charge is 2.18. The molecule has 0 radical (unpaired) electrons. The lowest BCUT2D eigenvalue weighted by atomic mass is 10.1. The summed E-state index contributed by atoms with van der Waals surface area (Å²) in [6.45, 7) is 2.03. The lowest BCUT2D eigenvalue weighted by molar-refractivity contribution is 0.0938. The number of aromatic nitrogens is 1. The van der Waals surface area contributed by atoms with Crippen molar-refractivity contribution in [3.63, 3.8) is 0 Å². The predicted octanol–water partition coefficient (Wildman–Crippen LogP) is 3.72. The van der Waals surface area contributed by atoms with E-state index in [1.54, 1.807) is 18.3 Å². The molecule has 0 saturated carbocycles. The van der Waals surface area contributed by atoms with Crippen molar-refractivity contribution < 1.29 is 9.53 Å². The van der Waals surface area contributed by atoms with Crippen molar-refractivity contribution in [3.05, 3.63) is 59.8 Å². The molecule has 1 amide bonds. The summed E-state index contributed by atoms with van der Waals surface area (Å²) in [5, 5.41) is 3.04. The molecule has 25 heavy (non-hydrogen) atoms. The van der Waals surface area contributed by atoms with Crippen LogP contribution in [0.3, 0.4) is 0 Å². The molecular formula is C20H24N2O2S. The number of hydrogen-bond acceptors (Lipinski definition) is 4. The van der Waals surface area contributed by atoms with Gasteiger partial charge in [-0.2, -0.15) is 11.8 Å². The normalized spacial score (nSPS) is 17.9. The van der Waals surface area contributed by atoms with E-state index in [2.05, 4.69) is 22.4 Å². The molecule has 1 aromatic carbocycles. The number of carbonyl (C=O) groups excluding carboxylic acids is 1. The highest BCUT2D eigenvalue weighted by Crippen LogP contribution is 2.22. The number of nitrogens with zero attached hydrogens (tertiary/aromatic N) is 1. The second-order valence-corrected chi connectivity index (χ2v) is 7.54. The maximum Gasteiger partial charge on any atom is 0.253 e. The molecule has 2 aromatic rings. The zero-order valence-electron chi connectivity index (χ0n) is 14.5. The molecule has 5 heteroatoms. The van der Waals surface area contributed by atoms with Crippen molar-refractivity contribution in [1.82, 2.24) is 10.3 Å². The van der Waals surface area contributed by atoms with E-state index in [1.807, 2.05) is 36.9 Å². The molecule has 4 nitrogen and oxygen atoms in total. The van der Waals surface area contributed by atoms with Crippen LogP contribution in [0.15, 0.2) is 48.7 Å². The van der Waals surface area contributed by atoms with E-state index < -0.39 is 0 Å². The molecule has 1 aliphatic rings. The maximum atomic E-state index is 12.3. The van der Waals surface area contributed by atoms with Crippen LogP contribution < -0.4 is 10.1 Å². The zero-order chi connectivity index (χ0) is 17.5. The number of rotatable bonds is 7. The number of thioether (sulfide) groups is 1. The number of amides is 1. The molecule has 1 saturated heterocycles. The molecule has 132 valence electrons. The third kappa shape index (κ3) is 5.49. The summed E-state index contributed by atoms with van der Waals surface area (Å²) in [6, 6.07) is 14.0. The van der Waals surface area contributed by atoms with E-state index in [4.69, 9.17) is 4.74 Å². The summed E-state index contributed by atoms with van der Waals surface area (Å²) in [7, 11) is 0. The van der Waals surface area contributed by atoms with Gasteiger partial charge < -0.3 is 10.1 Å². The number of nitrogens with one attached hydrogen (secondary N) is 1. The highest BCUT2D eigenvalue weighted by molar-refractivity contribution is 7.99. The Hall–Kier alpha value is -2.01. The van der Waals surface area contributed by atoms with Gasteiger partial charge in [-0.15, -0.1) is 0 Å². The van der Waals surface area contributed by atoms with E-state index in [-0.39, 0.29) is 18.1 Å². The molecule has 1 N–H and O–H groups in total. The minimum atomic E-state index is -0.0870. The quantitative estimate of drug-likeness (QED) is 0.821. The van der Waals surface area contributed by atoms with Gasteiger partial charge in [0.05, 0.1) is 5.56 Å². The standard InChI is InChI=1S/C20H24N2O2S/c1-15(7-8-16-5-3-2-4-6-16)22-20(23)17-9-10-19(21-13-17)24-18-11-12-25-14-18/h2-6,9-10,13,15,18H,7-8,11-12,14H2,1H3,(H,22,23). The van der Waals surface area contributed by atoms with Crippen LogP contribution in [0.1, 0.15) is 35.7 Å². The van der Waals surface area contributed by atoms with Crippen molar-refractivity contribution in [2.45, 2.75) is 38.3 Å². The van der Waals surface area contributed by atoms with Crippen LogP contribution in [-0.4, -0.2) is 34.5 Å². The SMILES string of the molecule is CC(CCc1ccccc1)NC(=O)c1ccc(OC2CCSC2)nc1. The third-order valence-corrected chi connectivity index (χ3v) is 5.39. The molecule has 2 heterocycles. The Bertz CT molecular complexity index is 670. The number of ether oxygens (including phenoxy) is 1. The summed E-state index contributed by atoms with van der Waals surface area (Å²) < 4.78 is 5.82. The fraction of sp³-hybridized carbons (Fsp3) is 0.400. The molecule has 1 fully saturated rings. The van der Waals surface area contributed by atoms with Crippen LogP contribution in [0.4, 0.5) is 0 Å². The Morgan fingerprint density at radius 2 is 2.16 bits per heavy atom. The van der Waals surface area contributed by atoms with Gasteiger partial charge in [0.2, 0.25) is 5.88 Å². The minimum absolute atomic E-state index is 0.0870. The number of aryl methyl sites for hydroxylation is 1.